The minimum Gasteiger partial charge on any atom is -0.505 e. The molecule has 194 valence electrons. The van der Waals surface area contributed by atoms with Crippen LogP contribution in [0, 0.1) is 6.92 Å². The average molecular weight is 532 g/mol. The van der Waals surface area contributed by atoms with Gasteiger partial charge in [-0.2, -0.15) is 0 Å². The number of aromatic nitrogens is 1. The van der Waals surface area contributed by atoms with E-state index in [1.807, 2.05) is 43.3 Å². The molecular weight excluding hydrogens is 506 g/mol. The van der Waals surface area contributed by atoms with Gasteiger partial charge in [0.15, 0.2) is 5.69 Å². The van der Waals surface area contributed by atoms with Crippen LogP contribution < -0.4 is 16.2 Å². The summed E-state index contributed by atoms with van der Waals surface area (Å²) in [5, 5.41) is 25.1. The van der Waals surface area contributed by atoms with Crippen LogP contribution in [0.2, 0.25) is 5.02 Å². The third kappa shape index (κ3) is 6.41. The van der Waals surface area contributed by atoms with Crippen molar-refractivity contribution < 1.29 is 19.8 Å². The molecule has 0 radical (unpaired) electrons. The highest BCUT2D eigenvalue weighted by Gasteiger charge is 2.20. The molecule has 0 aliphatic carbocycles. The Kier molecular flexibility index (Phi) is 8.13. The van der Waals surface area contributed by atoms with E-state index in [2.05, 4.69) is 10.6 Å². The van der Waals surface area contributed by atoms with E-state index in [1.165, 1.54) is 16.8 Å². The molecule has 9 heteroatoms. The Morgan fingerprint density at radius 3 is 2.39 bits per heavy atom. The van der Waals surface area contributed by atoms with E-state index in [0.717, 1.165) is 16.7 Å². The van der Waals surface area contributed by atoms with Crippen LogP contribution in [0.1, 0.15) is 29.2 Å². The highest BCUT2D eigenvalue weighted by Crippen LogP contribution is 2.25. The zero-order valence-electron chi connectivity index (χ0n) is 20.5. The van der Waals surface area contributed by atoms with E-state index < -0.39 is 29.4 Å². The van der Waals surface area contributed by atoms with Gasteiger partial charge in [0.2, 0.25) is 0 Å². The van der Waals surface area contributed by atoms with Gasteiger partial charge in [-0.25, -0.2) is 4.79 Å². The molecule has 0 saturated carbocycles. The second-order valence-corrected chi connectivity index (χ2v) is 9.25. The van der Waals surface area contributed by atoms with Gasteiger partial charge in [0, 0.05) is 11.2 Å². The number of anilines is 1. The number of carbonyl (C=O) groups excluding carboxylic acids is 1. The normalized spacial score (nSPS) is 11.5. The Morgan fingerprint density at radius 2 is 1.71 bits per heavy atom. The van der Waals surface area contributed by atoms with Gasteiger partial charge in [0.1, 0.15) is 5.75 Å². The maximum Gasteiger partial charge on any atom is 0.319 e. The predicted octanol–water partition coefficient (Wildman–Crippen LogP) is 5.57. The van der Waals surface area contributed by atoms with Gasteiger partial charge >= 0.3 is 12.0 Å². The molecule has 4 N–H and O–H groups in total. The van der Waals surface area contributed by atoms with Crippen molar-refractivity contribution in [2.45, 2.75) is 25.9 Å². The summed E-state index contributed by atoms with van der Waals surface area (Å²) >= 11 is 6.20. The van der Waals surface area contributed by atoms with Gasteiger partial charge in [-0.05, 0) is 41.3 Å². The number of benzene rings is 3. The molecule has 4 aromatic rings. The number of pyridine rings is 1. The first-order chi connectivity index (χ1) is 18.2. The van der Waals surface area contributed by atoms with E-state index >= 15 is 0 Å². The highest BCUT2D eigenvalue weighted by atomic mass is 35.5. The van der Waals surface area contributed by atoms with Crippen LogP contribution in [0.4, 0.5) is 10.5 Å². The fourth-order valence-electron chi connectivity index (χ4n) is 4.08. The predicted molar refractivity (Wildman–Crippen MR) is 147 cm³/mol. The van der Waals surface area contributed by atoms with E-state index in [-0.39, 0.29) is 18.7 Å². The SMILES string of the molecule is Cc1cccc(-c2ccc([C@H](CC(=O)O)NC(=O)Nc3c(O)ccn(Cc4ccccc4Cl)c3=O)cc2)c1. The molecule has 0 unspecified atom stereocenters. The number of rotatable bonds is 8. The van der Waals surface area contributed by atoms with Gasteiger partial charge in [0.25, 0.3) is 5.56 Å². The second-order valence-electron chi connectivity index (χ2n) is 8.84. The third-order valence-corrected chi connectivity index (χ3v) is 6.40. The number of urea groups is 1. The standard InChI is InChI=1S/C29H26ClN3O5/c1-18-5-4-7-21(15-18)19-9-11-20(12-10-19)24(16-26(35)36)31-29(38)32-27-25(34)13-14-33(28(27)37)17-22-6-2-3-8-23(22)30/h2-15,24,34H,16-17H2,1H3,(H,35,36)(H2,31,32,38)/t24-/m0/s1. The number of hydrogen-bond acceptors (Lipinski definition) is 4. The molecule has 1 heterocycles. The number of hydrogen-bond donors (Lipinski definition) is 4. The van der Waals surface area contributed by atoms with Crippen molar-refractivity contribution in [3.63, 3.8) is 0 Å². The molecule has 8 nitrogen and oxygen atoms in total. The number of nitrogens with one attached hydrogen (secondary N) is 2. The average Bonchev–Trinajstić information content (AvgIpc) is 2.89. The monoisotopic (exact) mass is 531 g/mol. The molecule has 3 aromatic carbocycles. The number of nitrogens with zero attached hydrogens (tertiary/aromatic N) is 1. The van der Waals surface area contributed by atoms with Crippen molar-refractivity contribution in [1.82, 2.24) is 9.88 Å². The van der Waals surface area contributed by atoms with Crippen molar-refractivity contribution in [1.29, 1.82) is 0 Å². The van der Waals surface area contributed by atoms with Crippen LogP contribution >= 0.6 is 11.6 Å². The van der Waals surface area contributed by atoms with E-state index in [4.69, 9.17) is 11.6 Å². The van der Waals surface area contributed by atoms with Crippen LogP contribution in [0.3, 0.4) is 0 Å². The lowest BCUT2D eigenvalue weighted by molar-refractivity contribution is -0.137. The summed E-state index contributed by atoms with van der Waals surface area (Å²) in [7, 11) is 0. The first kappa shape index (κ1) is 26.5. The van der Waals surface area contributed by atoms with E-state index in [0.29, 0.717) is 16.1 Å². The Morgan fingerprint density at radius 1 is 0.974 bits per heavy atom. The molecule has 0 aliphatic rings. The number of carboxylic acids is 1. The summed E-state index contributed by atoms with van der Waals surface area (Å²) in [6, 6.07) is 21.8. The minimum absolute atomic E-state index is 0.129. The number of aromatic hydroxyl groups is 1. The van der Waals surface area contributed by atoms with Gasteiger partial charge in [-0.1, -0.05) is 83.9 Å². The minimum atomic E-state index is -1.11. The van der Waals surface area contributed by atoms with Gasteiger partial charge in [0.05, 0.1) is 19.0 Å². The Hall–Kier alpha value is -4.56. The summed E-state index contributed by atoms with van der Waals surface area (Å²) in [6.07, 6.45) is 1.02. The van der Waals surface area contributed by atoms with Gasteiger partial charge in [-0.15, -0.1) is 0 Å². The van der Waals surface area contributed by atoms with Crippen molar-refractivity contribution in [2.24, 2.45) is 0 Å². The zero-order valence-corrected chi connectivity index (χ0v) is 21.3. The van der Waals surface area contributed by atoms with E-state index in [1.54, 1.807) is 36.4 Å². The number of halogens is 1. The van der Waals surface area contributed by atoms with Crippen molar-refractivity contribution in [3.05, 3.63) is 117 Å². The topological polar surface area (TPSA) is 121 Å². The summed E-state index contributed by atoms with van der Waals surface area (Å²) < 4.78 is 1.30. The second kappa shape index (κ2) is 11.7. The maximum absolute atomic E-state index is 13.0. The third-order valence-electron chi connectivity index (χ3n) is 6.03. The number of aryl methyl sites for hydroxylation is 1. The zero-order chi connectivity index (χ0) is 27.2. The fourth-order valence-corrected chi connectivity index (χ4v) is 4.28. The Bertz CT molecular complexity index is 1530. The molecule has 0 aliphatic heterocycles. The maximum atomic E-state index is 13.0. The molecule has 4 rings (SSSR count). The summed E-state index contributed by atoms with van der Waals surface area (Å²) in [5.74, 6) is -1.53. The van der Waals surface area contributed by atoms with Gasteiger partial charge < -0.3 is 25.4 Å². The Labute approximate surface area is 224 Å². The van der Waals surface area contributed by atoms with E-state index in [9.17, 15) is 24.6 Å². The lowest BCUT2D eigenvalue weighted by atomic mass is 9.98. The highest BCUT2D eigenvalue weighted by molar-refractivity contribution is 6.31. The quantitative estimate of drug-likeness (QED) is 0.237. The fraction of sp³-hybridized carbons (Fsp3) is 0.138. The Balaban J connectivity index is 1.53. The number of aliphatic carboxylic acids is 1. The first-order valence-corrected chi connectivity index (χ1v) is 12.2. The lowest BCUT2D eigenvalue weighted by Gasteiger charge is -2.19. The smallest absolute Gasteiger partial charge is 0.319 e. The molecule has 1 atom stereocenters. The van der Waals surface area contributed by atoms with Crippen LogP contribution in [0.15, 0.2) is 89.9 Å². The molecule has 0 saturated heterocycles. The van der Waals surface area contributed by atoms with Crippen LogP contribution in [-0.4, -0.2) is 26.8 Å². The summed E-state index contributed by atoms with van der Waals surface area (Å²) in [4.78, 5) is 37.4. The molecule has 1 aromatic heterocycles. The lowest BCUT2D eigenvalue weighted by Crippen LogP contribution is -2.36. The molecule has 2 amide bonds. The molecular formula is C29H26ClN3O5. The molecule has 38 heavy (non-hydrogen) atoms. The number of carboxylic acid groups (broad SMARTS) is 1. The largest absolute Gasteiger partial charge is 0.505 e. The number of amides is 2. The molecule has 0 bridgehead atoms. The van der Waals surface area contributed by atoms with Crippen LogP contribution in [-0.2, 0) is 11.3 Å². The van der Waals surface area contributed by atoms with Crippen molar-refractivity contribution >= 4 is 29.3 Å². The molecule has 0 fully saturated rings. The van der Waals surface area contributed by atoms with Gasteiger partial charge in [-0.3, -0.25) is 9.59 Å². The summed E-state index contributed by atoms with van der Waals surface area (Å²) in [5.41, 5.74) is 3.37. The number of carbonyl (C=O) groups is 2. The van der Waals surface area contributed by atoms with Crippen molar-refractivity contribution in [3.8, 4) is 16.9 Å². The first-order valence-electron chi connectivity index (χ1n) is 11.8. The molecule has 0 spiro atoms. The van der Waals surface area contributed by atoms with Crippen molar-refractivity contribution in [2.75, 3.05) is 5.32 Å². The van der Waals surface area contributed by atoms with Crippen LogP contribution in [0.5, 0.6) is 5.75 Å². The van der Waals surface area contributed by atoms with Crippen LogP contribution in [0.25, 0.3) is 11.1 Å². The summed E-state index contributed by atoms with van der Waals surface area (Å²) in [6.45, 7) is 2.13.